The zero-order valence-corrected chi connectivity index (χ0v) is 39.4. The second-order valence-electron chi connectivity index (χ2n) is 16.3. The number of carbonyl (C=O) groups excluding carboxylic acids is 5. The Morgan fingerprint density at radius 1 is 0.613 bits per heavy atom. The number of nitrogens with one attached hydrogen (secondary N) is 1. The molecule has 1 unspecified atom stereocenters. The number of hydrogen-bond acceptors (Lipinski definition) is 10. The lowest BCUT2D eigenvalue weighted by molar-refractivity contribution is -0.161. The Morgan fingerprint density at radius 3 is 1.53 bits per heavy atom. The van der Waals surface area contributed by atoms with Crippen LogP contribution in [0.2, 0.25) is 0 Å². The van der Waals surface area contributed by atoms with Crippen molar-refractivity contribution in [3.8, 4) is 0 Å². The Morgan fingerprint density at radius 2 is 1.05 bits per heavy atom. The van der Waals surface area contributed by atoms with Gasteiger partial charge in [-0.3, -0.25) is 37.9 Å². The number of unbranched alkanes of at least 4 members (excludes halogenated alkanes) is 22. The highest BCUT2D eigenvalue weighted by Gasteiger charge is 2.27. The number of imide groups is 1. The Bertz CT molecular complexity index is 1330. The lowest BCUT2D eigenvalue weighted by Crippen LogP contribution is -2.35. The molecular formula is C48H83N2O11P. The molecule has 2 atom stereocenters. The molecule has 0 bridgehead atoms. The van der Waals surface area contributed by atoms with E-state index < -0.39 is 50.2 Å². The van der Waals surface area contributed by atoms with Crippen molar-refractivity contribution in [1.82, 2.24) is 10.2 Å². The Balaban J connectivity index is 2.40. The van der Waals surface area contributed by atoms with Crippen LogP contribution in [-0.2, 0) is 47.1 Å². The molecule has 1 aliphatic rings. The van der Waals surface area contributed by atoms with Crippen molar-refractivity contribution >= 4 is 37.5 Å². The van der Waals surface area contributed by atoms with Crippen LogP contribution in [0.25, 0.3) is 0 Å². The summed E-state index contributed by atoms with van der Waals surface area (Å²) >= 11 is 0. The number of ether oxygens (including phenoxy) is 2. The van der Waals surface area contributed by atoms with Gasteiger partial charge in [0.1, 0.15) is 6.61 Å². The maximum absolute atomic E-state index is 12.8. The van der Waals surface area contributed by atoms with E-state index in [9.17, 15) is 33.4 Å². The molecule has 356 valence electrons. The molecule has 2 N–H and O–H groups in total. The molecule has 3 amide bonds. The molecule has 0 spiro atoms. The summed E-state index contributed by atoms with van der Waals surface area (Å²) < 4.78 is 33.6. The van der Waals surface area contributed by atoms with Crippen molar-refractivity contribution in [2.75, 3.05) is 32.9 Å². The van der Waals surface area contributed by atoms with Gasteiger partial charge in [-0.25, -0.2) is 4.57 Å². The zero-order valence-electron chi connectivity index (χ0n) is 38.5. The number of hydrogen-bond donors (Lipinski definition) is 2. The smallest absolute Gasteiger partial charge is 0.462 e. The first-order valence-electron chi connectivity index (χ1n) is 24.1. The molecule has 0 aromatic rings. The summed E-state index contributed by atoms with van der Waals surface area (Å²) in [6.45, 7) is 2.96. The third kappa shape index (κ3) is 34.4. The number of phosphoric acid groups is 1. The number of amides is 3. The fraction of sp³-hybridized carbons (Fsp3) is 0.771. The highest BCUT2D eigenvalue weighted by atomic mass is 31.2. The van der Waals surface area contributed by atoms with Gasteiger partial charge in [0.15, 0.2) is 6.10 Å². The monoisotopic (exact) mass is 895 g/mol. The van der Waals surface area contributed by atoms with E-state index in [2.05, 4.69) is 43.5 Å². The van der Waals surface area contributed by atoms with Gasteiger partial charge in [0.2, 0.25) is 5.91 Å². The lowest BCUT2D eigenvalue weighted by Gasteiger charge is -2.20. The van der Waals surface area contributed by atoms with Crippen LogP contribution in [0.1, 0.15) is 200 Å². The summed E-state index contributed by atoms with van der Waals surface area (Å²) in [6, 6.07) is 0. The van der Waals surface area contributed by atoms with Gasteiger partial charge in [-0.05, 0) is 64.2 Å². The summed E-state index contributed by atoms with van der Waals surface area (Å²) in [7, 11) is -4.64. The van der Waals surface area contributed by atoms with Gasteiger partial charge in [0.25, 0.3) is 11.8 Å². The van der Waals surface area contributed by atoms with Crippen LogP contribution < -0.4 is 5.32 Å². The number of esters is 2. The van der Waals surface area contributed by atoms with Crippen LogP contribution in [0.4, 0.5) is 0 Å². The second-order valence-corrected chi connectivity index (χ2v) is 17.8. The van der Waals surface area contributed by atoms with E-state index in [0.29, 0.717) is 12.8 Å². The van der Waals surface area contributed by atoms with Gasteiger partial charge < -0.3 is 19.7 Å². The summed E-state index contributed by atoms with van der Waals surface area (Å²) in [5.41, 5.74) is 0. The predicted octanol–water partition coefficient (Wildman–Crippen LogP) is 11.1. The molecule has 62 heavy (non-hydrogen) atoms. The van der Waals surface area contributed by atoms with Crippen LogP contribution in [0.15, 0.2) is 36.5 Å². The van der Waals surface area contributed by atoms with Gasteiger partial charge in [0, 0.05) is 44.5 Å². The van der Waals surface area contributed by atoms with Crippen LogP contribution >= 0.6 is 7.82 Å². The van der Waals surface area contributed by atoms with Gasteiger partial charge in [-0.2, -0.15) is 0 Å². The molecule has 0 aromatic carbocycles. The standard InChI is InChI=1S/C48H83N2O11P/c1-3-5-7-9-11-13-15-17-19-21-23-25-27-29-31-33-47(54)58-41-43(61-48(55)34-32-30-28-26-24-22-20-18-16-14-12-10-8-6-4-2)42-60-62(56,57)59-40-38-49-44(51)37-39-50-45(52)35-36-46(50)53/h17-20,35-36,43H,3-16,21-34,37-42H2,1-2H3,(H,49,51)(H,56,57)/b19-17+,20-18+/t43-/m1/s1. The van der Waals surface area contributed by atoms with Gasteiger partial charge in [-0.1, -0.05) is 141 Å². The maximum atomic E-state index is 12.8. The second kappa shape index (κ2) is 39.5. The average Bonchev–Trinajstić information content (AvgIpc) is 3.57. The minimum atomic E-state index is -4.64. The molecule has 13 nitrogen and oxygen atoms in total. The number of carbonyl (C=O) groups is 5. The fourth-order valence-corrected chi connectivity index (χ4v) is 7.57. The minimum absolute atomic E-state index is 0.0988. The molecular weight excluding hydrogens is 812 g/mol. The molecule has 1 rings (SSSR count). The highest BCUT2D eigenvalue weighted by Crippen LogP contribution is 2.43. The third-order valence-corrected chi connectivity index (χ3v) is 11.6. The molecule has 0 aromatic heterocycles. The topological polar surface area (TPSA) is 175 Å². The summed E-state index contributed by atoms with van der Waals surface area (Å²) in [5, 5.41) is 2.48. The van der Waals surface area contributed by atoms with Crippen molar-refractivity contribution in [2.45, 2.75) is 206 Å². The molecule has 0 radical (unpaired) electrons. The first kappa shape index (κ1) is 56.9. The summed E-state index contributed by atoms with van der Waals surface area (Å²) in [4.78, 5) is 71.9. The maximum Gasteiger partial charge on any atom is 0.472 e. The molecule has 0 fully saturated rings. The number of nitrogens with zero attached hydrogens (tertiary/aromatic N) is 1. The van der Waals surface area contributed by atoms with Gasteiger partial charge in [-0.15, -0.1) is 0 Å². The van der Waals surface area contributed by atoms with Crippen molar-refractivity contribution in [1.29, 1.82) is 0 Å². The molecule has 1 heterocycles. The van der Waals surface area contributed by atoms with Gasteiger partial charge in [0.05, 0.1) is 13.2 Å². The number of rotatable bonds is 43. The van der Waals surface area contributed by atoms with E-state index >= 15 is 0 Å². The normalized spacial score (nSPS) is 14.3. The lowest BCUT2D eigenvalue weighted by atomic mass is 10.1. The Labute approximate surface area is 374 Å². The van der Waals surface area contributed by atoms with Gasteiger partial charge >= 0.3 is 19.8 Å². The van der Waals surface area contributed by atoms with E-state index in [1.54, 1.807) is 0 Å². The van der Waals surface area contributed by atoms with Crippen molar-refractivity contribution in [2.24, 2.45) is 0 Å². The van der Waals surface area contributed by atoms with Crippen LogP contribution in [0, 0.1) is 0 Å². The van der Waals surface area contributed by atoms with E-state index in [-0.39, 0.29) is 45.6 Å². The molecule has 14 heteroatoms. The summed E-state index contributed by atoms with van der Waals surface area (Å²) in [6.07, 6.45) is 40.1. The predicted molar refractivity (Wildman–Crippen MR) is 245 cm³/mol. The van der Waals surface area contributed by atoms with Crippen molar-refractivity contribution in [3.63, 3.8) is 0 Å². The molecule has 0 saturated carbocycles. The highest BCUT2D eigenvalue weighted by molar-refractivity contribution is 7.47. The quantitative estimate of drug-likeness (QED) is 0.0196. The minimum Gasteiger partial charge on any atom is -0.462 e. The van der Waals surface area contributed by atoms with Crippen molar-refractivity contribution < 1.29 is 52.0 Å². The third-order valence-electron chi connectivity index (χ3n) is 10.6. The fourth-order valence-electron chi connectivity index (χ4n) is 6.82. The molecule has 0 aliphatic carbocycles. The first-order valence-corrected chi connectivity index (χ1v) is 25.6. The molecule has 0 saturated heterocycles. The van der Waals surface area contributed by atoms with Crippen LogP contribution in [0.5, 0.6) is 0 Å². The van der Waals surface area contributed by atoms with E-state index in [1.165, 1.54) is 77.0 Å². The zero-order chi connectivity index (χ0) is 45.4. The Kier molecular flexibility index (Phi) is 36.2. The summed E-state index contributed by atoms with van der Waals surface area (Å²) in [5.74, 6) is -2.45. The molecule has 1 aliphatic heterocycles. The van der Waals surface area contributed by atoms with Crippen molar-refractivity contribution in [3.05, 3.63) is 36.5 Å². The van der Waals surface area contributed by atoms with E-state index in [4.69, 9.17) is 18.5 Å². The largest absolute Gasteiger partial charge is 0.472 e. The number of phosphoric ester groups is 1. The van der Waals surface area contributed by atoms with Crippen LogP contribution in [-0.4, -0.2) is 78.5 Å². The van der Waals surface area contributed by atoms with E-state index in [0.717, 1.165) is 94.1 Å². The van der Waals surface area contributed by atoms with Crippen LogP contribution in [0.3, 0.4) is 0 Å². The average molecular weight is 895 g/mol. The van der Waals surface area contributed by atoms with E-state index in [1.807, 2.05) is 0 Å². The Hall–Kier alpha value is -3.12. The first-order chi connectivity index (χ1) is 30.1. The number of allylic oxidation sites excluding steroid dienone is 4. The SMILES string of the molecule is CCCCCCCC/C=C/CCCCCCCC(=O)OC[C@H](COP(=O)(O)OCCNC(=O)CCN1C(=O)C=CC1=O)OC(=O)CCCCCCC/C=C/CCCCCCCC.